The second kappa shape index (κ2) is 11.0. The van der Waals surface area contributed by atoms with Crippen LogP contribution in [0.3, 0.4) is 0 Å². The molecule has 0 N–H and O–H groups in total. The van der Waals surface area contributed by atoms with E-state index in [0.717, 1.165) is 5.69 Å². The zero-order valence-corrected chi connectivity index (χ0v) is 22.3. The van der Waals surface area contributed by atoms with Gasteiger partial charge in [-0.3, -0.25) is 0 Å². The smallest absolute Gasteiger partial charge is 0.370 e. The van der Waals surface area contributed by atoms with Crippen LogP contribution in [-0.2, 0) is 19.4 Å². The van der Waals surface area contributed by atoms with Gasteiger partial charge in [0.25, 0.3) is 0 Å². The molecular formula is C26H32FNO5S2. The zero-order valence-electron chi connectivity index (χ0n) is 20.7. The van der Waals surface area contributed by atoms with Crippen LogP contribution >= 0.6 is 11.8 Å². The number of hydrogen-bond acceptors (Lipinski definition) is 7. The SMILES string of the molecule is CCOC(=O)/C(F)=C/Oc1cc2c(cc1SC)N(c1ccccc1)CC(CC)(C(C)C)CS2(=O)=O. The molecule has 0 bridgehead atoms. The number of para-hydroxylation sites is 1. The predicted molar refractivity (Wildman–Crippen MR) is 138 cm³/mol. The van der Waals surface area contributed by atoms with Crippen LogP contribution in [0, 0.1) is 11.3 Å². The molecule has 2 aromatic carbocycles. The Hall–Kier alpha value is -2.52. The lowest BCUT2D eigenvalue weighted by molar-refractivity contribution is -0.140. The number of hydrogen-bond donors (Lipinski definition) is 0. The van der Waals surface area contributed by atoms with E-state index in [9.17, 15) is 17.6 Å². The highest BCUT2D eigenvalue weighted by Crippen LogP contribution is 2.48. The van der Waals surface area contributed by atoms with E-state index in [0.29, 0.717) is 29.8 Å². The number of halogens is 1. The van der Waals surface area contributed by atoms with E-state index in [2.05, 4.69) is 23.5 Å². The van der Waals surface area contributed by atoms with E-state index in [1.165, 1.54) is 17.8 Å². The Balaban J connectivity index is 2.21. The highest BCUT2D eigenvalue weighted by molar-refractivity contribution is 7.98. The molecule has 1 unspecified atom stereocenters. The summed E-state index contributed by atoms with van der Waals surface area (Å²) in [5, 5.41) is 0. The Kier molecular flexibility index (Phi) is 8.54. The second-order valence-electron chi connectivity index (χ2n) is 8.83. The van der Waals surface area contributed by atoms with Gasteiger partial charge in [0.05, 0.1) is 27.8 Å². The van der Waals surface area contributed by atoms with Gasteiger partial charge in [0.1, 0.15) is 12.0 Å². The minimum atomic E-state index is -3.73. The van der Waals surface area contributed by atoms with Crippen molar-refractivity contribution >= 4 is 38.9 Å². The van der Waals surface area contributed by atoms with E-state index in [1.807, 2.05) is 43.5 Å². The first-order valence-electron chi connectivity index (χ1n) is 11.5. The molecule has 0 radical (unpaired) electrons. The van der Waals surface area contributed by atoms with Crippen molar-refractivity contribution in [3.63, 3.8) is 0 Å². The van der Waals surface area contributed by atoms with Crippen LogP contribution in [0.25, 0.3) is 0 Å². The Bertz CT molecular complexity index is 1200. The molecule has 0 fully saturated rings. The van der Waals surface area contributed by atoms with E-state index >= 15 is 0 Å². The van der Waals surface area contributed by atoms with Crippen molar-refractivity contribution in [1.29, 1.82) is 0 Å². The van der Waals surface area contributed by atoms with Gasteiger partial charge in [0, 0.05) is 23.7 Å². The number of fused-ring (bicyclic) bond motifs is 1. The van der Waals surface area contributed by atoms with Gasteiger partial charge in [-0.2, -0.15) is 4.39 Å². The van der Waals surface area contributed by atoms with Crippen molar-refractivity contribution in [2.45, 2.75) is 43.9 Å². The lowest BCUT2D eigenvalue weighted by Gasteiger charge is -2.39. The number of rotatable bonds is 8. The zero-order chi connectivity index (χ0) is 25.8. The summed E-state index contributed by atoms with van der Waals surface area (Å²) in [5.41, 5.74) is 0.960. The van der Waals surface area contributed by atoms with E-state index in [-0.39, 0.29) is 28.9 Å². The number of sulfone groups is 1. The summed E-state index contributed by atoms with van der Waals surface area (Å²) in [6.45, 7) is 8.27. The molecule has 9 heteroatoms. The molecule has 0 spiro atoms. The van der Waals surface area contributed by atoms with E-state index in [1.54, 1.807) is 13.0 Å². The average molecular weight is 522 g/mol. The second-order valence-corrected chi connectivity index (χ2v) is 11.6. The summed E-state index contributed by atoms with van der Waals surface area (Å²) in [6.07, 6.45) is 3.16. The minimum absolute atomic E-state index is 0.0183. The summed E-state index contributed by atoms with van der Waals surface area (Å²) >= 11 is 1.34. The van der Waals surface area contributed by atoms with Gasteiger partial charge >= 0.3 is 5.97 Å². The Morgan fingerprint density at radius 3 is 2.49 bits per heavy atom. The van der Waals surface area contributed by atoms with Crippen molar-refractivity contribution in [3.05, 3.63) is 54.6 Å². The van der Waals surface area contributed by atoms with Gasteiger partial charge in [-0.25, -0.2) is 13.2 Å². The number of thioether (sulfide) groups is 1. The summed E-state index contributed by atoms with van der Waals surface area (Å²) in [6, 6.07) is 12.9. The maximum absolute atomic E-state index is 14.1. The Morgan fingerprint density at radius 1 is 1.23 bits per heavy atom. The maximum Gasteiger partial charge on any atom is 0.370 e. The van der Waals surface area contributed by atoms with Crippen LogP contribution in [0.2, 0.25) is 0 Å². The maximum atomic E-state index is 14.1. The highest BCUT2D eigenvalue weighted by Gasteiger charge is 2.44. The van der Waals surface area contributed by atoms with Crippen molar-refractivity contribution in [1.82, 2.24) is 0 Å². The molecule has 6 nitrogen and oxygen atoms in total. The number of carbonyl (C=O) groups excluding carboxylic acids is 1. The van der Waals surface area contributed by atoms with Gasteiger partial charge in [0.2, 0.25) is 5.83 Å². The fourth-order valence-corrected chi connectivity index (χ4v) is 7.17. The molecule has 1 aliphatic heterocycles. The van der Waals surface area contributed by atoms with Crippen LogP contribution in [0.1, 0.15) is 34.1 Å². The monoisotopic (exact) mass is 521 g/mol. The average Bonchev–Trinajstić information content (AvgIpc) is 2.94. The van der Waals surface area contributed by atoms with Crippen molar-refractivity contribution in [2.24, 2.45) is 11.3 Å². The Morgan fingerprint density at radius 2 is 1.91 bits per heavy atom. The topological polar surface area (TPSA) is 72.9 Å². The molecule has 2 aromatic rings. The van der Waals surface area contributed by atoms with E-state index in [4.69, 9.17) is 4.74 Å². The Labute approximate surface area is 211 Å². The van der Waals surface area contributed by atoms with Crippen molar-refractivity contribution in [2.75, 3.05) is 30.1 Å². The van der Waals surface area contributed by atoms with Gasteiger partial charge in [-0.15, -0.1) is 11.8 Å². The number of benzene rings is 2. The fraction of sp³-hybridized carbons (Fsp3) is 0.423. The molecule has 0 saturated heterocycles. The lowest BCUT2D eigenvalue weighted by atomic mass is 9.76. The molecular weight excluding hydrogens is 489 g/mol. The fourth-order valence-electron chi connectivity index (χ4n) is 4.32. The summed E-state index contributed by atoms with van der Waals surface area (Å²) in [7, 11) is -3.73. The molecule has 1 aliphatic rings. The quantitative estimate of drug-likeness (QED) is 0.179. The third-order valence-electron chi connectivity index (χ3n) is 6.58. The highest BCUT2D eigenvalue weighted by atomic mass is 32.2. The molecule has 0 aliphatic carbocycles. The van der Waals surface area contributed by atoms with Gasteiger partial charge in [-0.05, 0) is 43.7 Å². The largest absolute Gasteiger partial charge is 0.461 e. The first kappa shape index (κ1) is 27.1. The molecule has 3 rings (SSSR count). The predicted octanol–water partition coefficient (Wildman–Crippen LogP) is 6.14. The third-order valence-corrected chi connectivity index (χ3v) is 9.29. The van der Waals surface area contributed by atoms with Crippen LogP contribution in [0.5, 0.6) is 5.75 Å². The number of nitrogens with zero attached hydrogens (tertiary/aromatic N) is 1. The van der Waals surface area contributed by atoms with Crippen LogP contribution in [-0.4, -0.2) is 39.5 Å². The third kappa shape index (κ3) is 5.67. The minimum Gasteiger partial charge on any atom is -0.461 e. The van der Waals surface area contributed by atoms with Gasteiger partial charge in [0.15, 0.2) is 9.84 Å². The van der Waals surface area contributed by atoms with Crippen molar-refractivity contribution < 1.29 is 27.1 Å². The molecule has 190 valence electrons. The standard InChI is InChI=1S/C26H32FNO5S2/c1-6-26(18(3)4)16-28(19-11-9-8-10-12-19)21-13-23(34-5)22(14-24(21)35(30,31)17-26)33-15-20(27)25(29)32-7-2/h8-15,18H,6-7,16-17H2,1-5H3/b20-15-. The van der Waals surface area contributed by atoms with Crippen LogP contribution in [0.15, 0.2) is 64.3 Å². The molecule has 0 saturated carbocycles. The van der Waals surface area contributed by atoms with E-state index < -0.39 is 27.0 Å². The van der Waals surface area contributed by atoms with Gasteiger partial charge in [-0.1, -0.05) is 39.0 Å². The lowest BCUT2D eigenvalue weighted by Crippen LogP contribution is -2.41. The molecule has 0 amide bonds. The van der Waals surface area contributed by atoms with Crippen LogP contribution in [0.4, 0.5) is 15.8 Å². The molecule has 1 atom stereocenters. The molecule has 35 heavy (non-hydrogen) atoms. The summed E-state index contributed by atoms with van der Waals surface area (Å²) < 4.78 is 51.8. The first-order chi connectivity index (χ1) is 16.6. The molecule has 1 heterocycles. The summed E-state index contributed by atoms with van der Waals surface area (Å²) in [5.74, 6) is -2.09. The number of ether oxygens (including phenoxy) is 2. The molecule has 0 aromatic heterocycles. The normalized spacial score (nSPS) is 19.7. The van der Waals surface area contributed by atoms with Crippen molar-refractivity contribution in [3.8, 4) is 5.75 Å². The number of anilines is 2. The van der Waals surface area contributed by atoms with Crippen LogP contribution < -0.4 is 9.64 Å². The number of esters is 1. The number of carbonyl (C=O) groups is 1. The summed E-state index contributed by atoms with van der Waals surface area (Å²) in [4.78, 5) is 14.4. The van der Waals surface area contributed by atoms with Gasteiger partial charge < -0.3 is 14.4 Å². The first-order valence-corrected chi connectivity index (χ1v) is 14.4.